The molecule has 4 heteroatoms. The van der Waals surface area contributed by atoms with E-state index in [4.69, 9.17) is 23.7 Å². The van der Waals surface area contributed by atoms with Crippen LogP contribution in [0.5, 0.6) is 0 Å². The minimum atomic E-state index is 0.590. The molecule has 1 unspecified atom stereocenters. The molecule has 1 aliphatic heterocycles. The monoisotopic (exact) mass is 187 g/mol. The molecule has 4 N–H and O–H groups in total. The van der Waals surface area contributed by atoms with E-state index in [1.54, 1.807) is 0 Å². The van der Waals surface area contributed by atoms with Gasteiger partial charge in [-0.3, -0.25) is 4.90 Å². The van der Waals surface area contributed by atoms with Gasteiger partial charge in [0, 0.05) is 13.1 Å². The van der Waals surface area contributed by atoms with Crippen LogP contribution < -0.4 is 11.5 Å². The molecule has 1 heterocycles. The first-order chi connectivity index (χ1) is 5.72. The van der Waals surface area contributed by atoms with Gasteiger partial charge in [0.15, 0.2) is 0 Å². The first-order valence-electron chi connectivity index (χ1n) is 4.43. The zero-order valence-corrected chi connectivity index (χ0v) is 8.15. The van der Waals surface area contributed by atoms with E-state index in [2.05, 4.69) is 4.90 Å². The van der Waals surface area contributed by atoms with Gasteiger partial charge >= 0.3 is 0 Å². The van der Waals surface area contributed by atoms with Crippen molar-refractivity contribution in [2.45, 2.75) is 12.8 Å². The molecule has 0 aliphatic carbocycles. The molecular formula is C8H17N3S. The first kappa shape index (κ1) is 9.89. The molecule has 0 saturated carbocycles. The number of piperidine rings is 1. The quantitative estimate of drug-likeness (QED) is 0.608. The van der Waals surface area contributed by atoms with E-state index in [-0.39, 0.29) is 0 Å². The standard InChI is InChI=1S/C8H17N3S/c9-4-7-2-1-3-11(5-7)6-8(10)12/h7H,1-6,9H2,(H2,10,12). The molecule has 3 nitrogen and oxygen atoms in total. The van der Waals surface area contributed by atoms with Crippen LogP contribution in [0.15, 0.2) is 0 Å². The van der Waals surface area contributed by atoms with Gasteiger partial charge in [-0.1, -0.05) is 12.2 Å². The van der Waals surface area contributed by atoms with Crippen LogP contribution in [0, 0.1) is 5.92 Å². The molecule has 0 aromatic heterocycles. The van der Waals surface area contributed by atoms with E-state index in [0.717, 1.165) is 26.2 Å². The Kier molecular flexibility index (Phi) is 3.91. The van der Waals surface area contributed by atoms with Gasteiger partial charge in [-0.2, -0.15) is 0 Å². The maximum Gasteiger partial charge on any atom is 0.0870 e. The average Bonchev–Trinajstić information content (AvgIpc) is 2.03. The first-order valence-corrected chi connectivity index (χ1v) is 4.84. The number of nitrogens with two attached hydrogens (primary N) is 2. The number of nitrogens with zero attached hydrogens (tertiary/aromatic N) is 1. The summed E-state index contributed by atoms with van der Waals surface area (Å²) in [4.78, 5) is 2.89. The summed E-state index contributed by atoms with van der Waals surface area (Å²) in [6.07, 6.45) is 2.48. The van der Waals surface area contributed by atoms with Gasteiger partial charge in [0.25, 0.3) is 0 Å². The number of thiocarbonyl (C=S) groups is 1. The van der Waals surface area contributed by atoms with Crippen molar-refractivity contribution >= 4 is 17.2 Å². The van der Waals surface area contributed by atoms with Gasteiger partial charge in [0.1, 0.15) is 0 Å². The summed E-state index contributed by atoms with van der Waals surface area (Å²) >= 11 is 4.86. The van der Waals surface area contributed by atoms with Crippen LogP contribution in [-0.4, -0.2) is 36.1 Å². The molecule has 0 radical (unpaired) electrons. The molecule has 1 fully saturated rings. The smallest absolute Gasteiger partial charge is 0.0870 e. The predicted molar refractivity (Wildman–Crippen MR) is 55.0 cm³/mol. The molecule has 1 aliphatic rings. The van der Waals surface area contributed by atoms with Crippen molar-refractivity contribution in [2.24, 2.45) is 17.4 Å². The second-order valence-corrected chi connectivity index (χ2v) is 3.97. The molecule has 0 spiro atoms. The second-order valence-electron chi connectivity index (χ2n) is 3.45. The topological polar surface area (TPSA) is 55.3 Å². The molecule has 12 heavy (non-hydrogen) atoms. The molecule has 1 saturated heterocycles. The lowest BCUT2D eigenvalue weighted by Gasteiger charge is -2.31. The fourth-order valence-electron chi connectivity index (χ4n) is 1.71. The highest BCUT2D eigenvalue weighted by atomic mass is 32.1. The molecule has 0 aromatic rings. The average molecular weight is 187 g/mol. The van der Waals surface area contributed by atoms with E-state index in [1.165, 1.54) is 12.8 Å². The third-order valence-corrected chi connectivity index (χ3v) is 2.44. The van der Waals surface area contributed by atoms with Crippen molar-refractivity contribution < 1.29 is 0 Å². The summed E-state index contributed by atoms with van der Waals surface area (Å²) < 4.78 is 0. The van der Waals surface area contributed by atoms with Crippen LogP contribution in [0.3, 0.4) is 0 Å². The SMILES string of the molecule is NCC1CCCN(CC(N)=S)C1. The van der Waals surface area contributed by atoms with Crippen LogP contribution in [0.1, 0.15) is 12.8 Å². The zero-order valence-electron chi connectivity index (χ0n) is 7.33. The molecule has 1 rings (SSSR count). The Morgan fingerprint density at radius 2 is 2.33 bits per heavy atom. The van der Waals surface area contributed by atoms with Crippen LogP contribution in [0.4, 0.5) is 0 Å². The van der Waals surface area contributed by atoms with Crippen molar-refractivity contribution in [3.05, 3.63) is 0 Å². The second kappa shape index (κ2) is 4.74. The van der Waals surface area contributed by atoms with Crippen molar-refractivity contribution in [1.29, 1.82) is 0 Å². The number of likely N-dealkylation sites (tertiary alicyclic amines) is 1. The van der Waals surface area contributed by atoms with Crippen LogP contribution in [0.2, 0.25) is 0 Å². The summed E-state index contributed by atoms with van der Waals surface area (Å²) in [5, 5.41) is 0. The lowest BCUT2D eigenvalue weighted by Crippen LogP contribution is -2.42. The van der Waals surface area contributed by atoms with Gasteiger partial charge in [-0.05, 0) is 31.8 Å². The Labute approximate surface area is 79.1 Å². The lowest BCUT2D eigenvalue weighted by molar-refractivity contribution is 0.200. The Morgan fingerprint density at radius 3 is 2.92 bits per heavy atom. The maximum atomic E-state index is 5.61. The molecule has 70 valence electrons. The fourth-order valence-corrected chi connectivity index (χ4v) is 1.89. The molecule has 1 atom stereocenters. The maximum absolute atomic E-state index is 5.61. The highest BCUT2D eigenvalue weighted by molar-refractivity contribution is 7.80. The number of rotatable bonds is 3. The lowest BCUT2D eigenvalue weighted by atomic mass is 9.98. The van der Waals surface area contributed by atoms with Crippen LogP contribution >= 0.6 is 12.2 Å². The normalized spacial score (nSPS) is 25.6. The van der Waals surface area contributed by atoms with E-state index < -0.39 is 0 Å². The molecule has 0 amide bonds. The highest BCUT2D eigenvalue weighted by Gasteiger charge is 2.18. The molecular weight excluding hydrogens is 170 g/mol. The van der Waals surface area contributed by atoms with Crippen molar-refractivity contribution in [3.8, 4) is 0 Å². The zero-order chi connectivity index (χ0) is 8.97. The van der Waals surface area contributed by atoms with Gasteiger partial charge in [0.2, 0.25) is 0 Å². The molecule has 0 bridgehead atoms. The summed E-state index contributed by atoms with van der Waals surface area (Å²) in [7, 11) is 0. The Bertz CT molecular complexity index is 160. The third-order valence-electron chi connectivity index (χ3n) is 2.32. The summed E-state index contributed by atoms with van der Waals surface area (Å²) in [6, 6.07) is 0. The van der Waals surface area contributed by atoms with Crippen molar-refractivity contribution in [3.63, 3.8) is 0 Å². The van der Waals surface area contributed by atoms with Crippen LogP contribution in [-0.2, 0) is 0 Å². The minimum absolute atomic E-state index is 0.590. The van der Waals surface area contributed by atoms with E-state index in [9.17, 15) is 0 Å². The Balaban J connectivity index is 2.30. The predicted octanol–water partition coefficient (Wildman–Crippen LogP) is -0.0568. The van der Waals surface area contributed by atoms with E-state index in [0.29, 0.717) is 10.9 Å². The molecule has 0 aromatic carbocycles. The summed E-state index contributed by atoms with van der Waals surface area (Å²) in [5.74, 6) is 0.646. The summed E-state index contributed by atoms with van der Waals surface area (Å²) in [6.45, 7) is 3.72. The van der Waals surface area contributed by atoms with Crippen LogP contribution in [0.25, 0.3) is 0 Å². The van der Waals surface area contributed by atoms with Gasteiger partial charge in [0.05, 0.1) is 4.99 Å². The van der Waals surface area contributed by atoms with Gasteiger partial charge < -0.3 is 11.5 Å². The number of hydrogen-bond acceptors (Lipinski definition) is 3. The fraction of sp³-hybridized carbons (Fsp3) is 0.875. The van der Waals surface area contributed by atoms with E-state index >= 15 is 0 Å². The van der Waals surface area contributed by atoms with E-state index in [1.807, 2.05) is 0 Å². The highest BCUT2D eigenvalue weighted by Crippen LogP contribution is 2.14. The van der Waals surface area contributed by atoms with Crippen molar-refractivity contribution in [2.75, 3.05) is 26.2 Å². The third kappa shape index (κ3) is 3.05. The minimum Gasteiger partial charge on any atom is -0.392 e. The Hall–Kier alpha value is -0.190. The Morgan fingerprint density at radius 1 is 1.58 bits per heavy atom. The van der Waals surface area contributed by atoms with Gasteiger partial charge in [-0.15, -0.1) is 0 Å². The van der Waals surface area contributed by atoms with Crippen molar-refractivity contribution in [1.82, 2.24) is 4.90 Å². The van der Waals surface area contributed by atoms with Gasteiger partial charge in [-0.25, -0.2) is 0 Å². The summed E-state index contributed by atoms with van der Waals surface area (Å²) in [5.41, 5.74) is 11.1. The number of hydrogen-bond donors (Lipinski definition) is 2. The largest absolute Gasteiger partial charge is 0.392 e.